The monoisotopic (exact) mass is 371 g/mol. The molecule has 27 heavy (non-hydrogen) atoms. The van der Waals surface area contributed by atoms with Gasteiger partial charge >= 0.3 is 5.97 Å². The lowest BCUT2D eigenvalue weighted by Gasteiger charge is -2.23. The normalized spacial score (nSPS) is 22.2. The summed E-state index contributed by atoms with van der Waals surface area (Å²) in [6, 6.07) is 4.69. The van der Waals surface area contributed by atoms with Crippen molar-refractivity contribution in [1.29, 1.82) is 0 Å². The number of hydrogen-bond donors (Lipinski definition) is 2. The molecule has 1 amide bonds. The van der Waals surface area contributed by atoms with Gasteiger partial charge in [-0.25, -0.2) is 9.78 Å². The second-order valence-corrected chi connectivity index (χ2v) is 7.17. The molecule has 0 aliphatic carbocycles. The van der Waals surface area contributed by atoms with Crippen molar-refractivity contribution in [3.63, 3.8) is 0 Å². The number of carbonyl (C=O) groups is 2. The first-order valence-electron chi connectivity index (χ1n) is 9.17. The van der Waals surface area contributed by atoms with Gasteiger partial charge in [0.1, 0.15) is 5.82 Å². The summed E-state index contributed by atoms with van der Waals surface area (Å²) < 4.78 is 6.89. The van der Waals surface area contributed by atoms with E-state index in [4.69, 9.17) is 4.74 Å². The number of ether oxygens (including phenoxy) is 1. The molecule has 1 aromatic carbocycles. The van der Waals surface area contributed by atoms with Gasteiger partial charge in [0.15, 0.2) is 5.54 Å². The lowest BCUT2D eigenvalue weighted by atomic mass is 9.98. The molecular formula is C19H21N3O5. The number of aryl methyl sites for hydroxylation is 1. The van der Waals surface area contributed by atoms with Crippen LogP contribution in [0.15, 0.2) is 23.0 Å². The summed E-state index contributed by atoms with van der Waals surface area (Å²) in [5, 5.41) is 12.5. The maximum Gasteiger partial charge on any atom is 0.331 e. The van der Waals surface area contributed by atoms with Crippen LogP contribution in [0, 0.1) is 0 Å². The first kappa shape index (κ1) is 17.7. The highest BCUT2D eigenvalue weighted by atomic mass is 16.5. The van der Waals surface area contributed by atoms with E-state index < -0.39 is 17.4 Å². The molecule has 0 saturated carbocycles. The Labute approximate surface area is 155 Å². The van der Waals surface area contributed by atoms with Crippen LogP contribution >= 0.6 is 0 Å². The number of carboxylic acid groups (broad SMARTS) is 1. The predicted molar refractivity (Wildman–Crippen MR) is 96.8 cm³/mol. The molecule has 0 spiro atoms. The van der Waals surface area contributed by atoms with Gasteiger partial charge in [-0.15, -0.1) is 0 Å². The average Bonchev–Trinajstić information content (AvgIpc) is 3.00. The molecule has 8 heteroatoms. The number of amides is 1. The second-order valence-electron chi connectivity index (χ2n) is 7.17. The van der Waals surface area contributed by atoms with E-state index in [0.29, 0.717) is 17.4 Å². The minimum atomic E-state index is -1.41. The van der Waals surface area contributed by atoms with Crippen molar-refractivity contribution in [1.82, 2.24) is 14.9 Å². The van der Waals surface area contributed by atoms with Crippen LogP contribution in [0.1, 0.15) is 41.9 Å². The van der Waals surface area contributed by atoms with Crippen molar-refractivity contribution in [2.75, 3.05) is 13.2 Å². The van der Waals surface area contributed by atoms with Gasteiger partial charge < -0.3 is 15.2 Å². The number of carboxylic acids is 1. The topological polar surface area (TPSA) is 111 Å². The second kappa shape index (κ2) is 6.77. The number of nitrogens with zero attached hydrogens (tertiary/aromatic N) is 2. The van der Waals surface area contributed by atoms with Crippen molar-refractivity contribution < 1.29 is 19.4 Å². The molecule has 2 aromatic rings. The van der Waals surface area contributed by atoms with E-state index in [1.807, 2.05) is 0 Å². The zero-order chi connectivity index (χ0) is 19.0. The summed E-state index contributed by atoms with van der Waals surface area (Å²) in [5.74, 6) is -0.883. The van der Waals surface area contributed by atoms with Crippen LogP contribution < -0.4 is 10.9 Å². The highest BCUT2D eigenvalue weighted by Gasteiger charge is 2.44. The third kappa shape index (κ3) is 3.10. The SMILES string of the molecule is O=C(NC1(C(=O)O)CCOC1)c1ccc2c(=O)n3c(nc2c1)CCCCC3. The highest BCUT2D eigenvalue weighted by molar-refractivity contribution is 6.00. The van der Waals surface area contributed by atoms with Crippen LogP contribution in [0.4, 0.5) is 0 Å². The minimum absolute atomic E-state index is 0.0608. The zero-order valence-corrected chi connectivity index (χ0v) is 14.9. The Hall–Kier alpha value is -2.74. The lowest BCUT2D eigenvalue weighted by molar-refractivity contribution is -0.144. The average molecular weight is 371 g/mol. The van der Waals surface area contributed by atoms with Gasteiger partial charge in [-0.05, 0) is 31.0 Å². The quantitative estimate of drug-likeness (QED) is 0.836. The fourth-order valence-electron chi connectivity index (χ4n) is 3.73. The summed E-state index contributed by atoms with van der Waals surface area (Å²) in [6.45, 7) is 0.893. The molecule has 1 unspecified atom stereocenters. The number of rotatable bonds is 3. The summed E-state index contributed by atoms with van der Waals surface area (Å²) in [4.78, 5) is 41.6. The highest BCUT2D eigenvalue weighted by Crippen LogP contribution is 2.21. The number of aliphatic carboxylic acids is 1. The maximum atomic E-state index is 12.8. The summed E-state index contributed by atoms with van der Waals surface area (Å²) >= 11 is 0. The standard InChI is InChI=1S/C19H21N3O5/c23-16(21-19(18(25)26)7-9-27-11-19)12-5-6-13-14(10-12)20-15-4-2-1-3-8-22(15)17(13)24/h5-6,10H,1-4,7-9,11H2,(H,21,23)(H,25,26). The fourth-order valence-corrected chi connectivity index (χ4v) is 3.73. The number of fused-ring (bicyclic) bond motifs is 2. The zero-order valence-electron chi connectivity index (χ0n) is 14.9. The minimum Gasteiger partial charge on any atom is -0.479 e. The third-order valence-electron chi connectivity index (χ3n) is 5.36. The van der Waals surface area contributed by atoms with Gasteiger partial charge in [0.25, 0.3) is 11.5 Å². The Balaban J connectivity index is 1.70. The molecule has 0 bridgehead atoms. The number of aromatic nitrogens is 2. The smallest absolute Gasteiger partial charge is 0.331 e. The number of carbonyl (C=O) groups excluding carboxylic acids is 1. The Kier molecular flexibility index (Phi) is 4.43. The van der Waals surface area contributed by atoms with Crippen molar-refractivity contribution in [3.8, 4) is 0 Å². The number of benzene rings is 1. The van der Waals surface area contributed by atoms with Crippen molar-refractivity contribution in [3.05, 3.63) is 39.9 Å². The Morgan fingerprint density at radius 1 is 1.26 bits per heavy atom. The van der Waals surface area contributed by atoms with Crippen LogP contribution in [0.25, 0.3) is 10.9 Å². The van der Waals surface area contributed by atoms with Crippen molar-refractivity contribution in [2.45, 2.75) is 44.2 Å². The molecule has 2 aliphatic rings. The Bertz CT molecular complexity index is 975. The molecule has 1 saturated heterocycles. The molecule has 0 radical (unpaired) electrons. The molecule has 3 heterocycles. The van der Waals surface area contributed by atoms with Crippen LogP contribution in [0.5, 0.6) is 0 Å². The first-order valence-corrected chi connectivity index (χ1v) is 9.17. The van der Waals surface area contributed by atoms with Gasteiger partial charge in [-0.2, -0.15) is 0 Å². The van der Waals surface area contributed by atoms with Crippen LogP contribution in [0.3, 0.4) is 0 Å². The van der Waals surface area contributed by atoms with E-state index in [1.54, 1.807) is 16.7 Å². The summed E-state index contributed by atoms with van der Waals surface area (Å²) in [5.41, 5.74) is -0.754. The largest absolute Gasteiger partial charge is 0.479 e. The van der Waals surface area contributed by atoms with E-state index in [1.165, 1.54) is 6.07 Å². The van der Waals surface area contributed by atoms with Crippen LogP contribution in [0.2, 0.25) is 0 Å². The molecule has 1 atom stereocenters. The Morgan fingerprint density at radius 2 is 2.11 bits per heavy atom. The van der Waals surface area contributed by atoms with Crippen molar-refractivity contribution in [2.24, 2.45) is 0 Å². The first-order chi connectivity index (χ1) is 13.0. The van der Waals surface area contributed by atoms with E-state index in [9.17, 15) is 19.5 Å². The molecule has 2 N–H and O–H groups in total. The van der Waals surface area contributed by atoms with Gasteiger partial charge in [0.05, 0.1) is 17.5 Å². The van der Waals surface area contributed by atoms with Gasteiger partial charge in [-0.1, -0.05) is 6.42 Å². The molecule has 8 nitrogen and oxygen atoms in total. The van der Waals surface area contributed by atoms with E-state index in [-0.39, 0.29) is 30.8 Å². The van der Waals surface area contributed by atoms with Gasteiger partial charge in [0, 0.05) is 31.6 Å². The molecule has 4 rings (SSSR count). The lowest BCUT2D eigenvalue weighted by Crippen LogP contribution is -2.55. The van der Waals surface area contributed by atoms with Gasteiger partial charge in [-0.3, -0.25) is 14.2 Å². The van der Waals surface area contributed by atoms with Crippen LogP contribution in [-0.4, -0.2) is 45.3 Å². The van der Waals surface area contributed by atoms with E-state index in [0.717, 1.165) is 31.5 Å². The molecule has 142 valence electrons. The van der Waals surface area contributed by atoms with Crippen LogP contribution in [-0.2, 0) is 22.5 Å². The van der Waals surface area contributed by atoms with Gasteiger partial charge in [0.2, 0.25) is 0 Å². The van der Waals surface area contributed by atoms with E-state index in [2.05, 4.69) is 10.3 Å². The number of hydrogen-bond acceptors (Lipinski definition) is 5. The summed E-state index contributed by atoms with van der Waals surface area (Å²) in [7, 11) is 0. The van der Waals surface area contributed by atoms with Crippen molar-refractivity contribution >= 4 is 22.8 Å². The molecule has 1 fully saturated rings. The Morgan fingerprint density at radius 3 is 2.85 bits per heavy atom. The predicted octanol–water partition coefficient (Wildman–Crippen LogP) is 1.10. The third-order valence-corrected chi connectivity index (χ3v) is 5.36. The molecule has 2 aliphatic heterocycles. The fraction of sp³-hybridized carbons (Fsp3) is 0.474. The maximum absolute atomic E-state index is 12.8. The molecular weight excluding hydrogens is 350 g/mol. The molecule has 1 aromatic heterocycles. The summed E-state index contributed by atoms with van der Waals surface area (Å²) in [6.07, 6.45) is 3.96. The van der Waals surface area contributed by atoms with E-state index >= 15 is 0 Å². The number of nitrogens with one attached hydrogen (secondary N) is 1.